The molecule has 0 radical (unpaired) electrons. The Hall–Kier alpha value is -3.13. The number of benzene rings is 2. The molecule has 0 saturated carbocycles. The van der Waals surface area contributed by atoms with E-state index in [4.69, 9.17) is 11.6 Å². The summed E-state index contributed by atoms with van der Waals surface area (Å²) in [5, 5.41) is 6.18. The van der Waals surface area contributed by atoms with Crippen molar-refractivity contribution in [1.82, 2.24) is 15.1 Å². The van der Waals surface area contributed by atoms with Crippen molar-refractivity contribution < 1.29 is 18.8 Å². The van der Waals surface area contributed by atoms with Crippen molar-refractivity contribution in [3.8, 4) is 0 Å². The van der Waals surface area contributed by atoms with Crippen LogP contribution in [0.3, 0.4) is 0 Å². The van der Waals surface area contributed by atoms with Crippen molar-refractivity contribution in [1.29, 1.82) is 0 Å². The van der Waals surface area contributed by atoms with Crippen LogP contribution in [-0.2, 0) is 4.79 Å². The number of rotatable bonds is 6. The molecule has 0 aliphatic carbocycles. The van der Waals surface area contributed by atoms with Gasteiger partial charge in [0.1, 0.15) is 5.82 Å². The average Bonchev–Trinajstić information content (AvgIpc) is 3.05. The summed E-state index contributed by atoms with van der Waals surface area (Å²) in [7, 11) is 0. The molecule has 1 saturated heterocycles. The number of hydrogen-bond donors (Lipinski definition) is 2. The van der Waals surface area contributed by atoms with E-state index in [9.17, 15) is 18.8 Å². The fraction of sp³-hybridized carbons (Fsp3) is 0.348. The Balaban J connectivity index is 1.38. The highest BCUT2D eigenvalue weighted by molar-refractivity contribution is 6.30. The molecule has 1 fully saturated rings. The minimum atomic E-state index is -0.398. The number of nitrogens with one attached hydrogen (secondary N) is 2. The largest absolute Gasteiger partial charge is 0.352 e. The lowest BCUT2D eigenvalue weighted by Crippen LogP contribution is -2.39. The third-order valence-corrected chi connectivity index (χ3v) is 5.44. The highest BCUT2D eigenvalue weighted by Crippen LogP contribution is 2.15. The molecule has 1 aliphatic rings. The zero-order valence-corrected chi connectivity index (χ0v) is 18.4. The minimum Gasteiger partial charge on any atom is -0.352 e. The van der Waals surface area contributed by atoms with Crippen molar-refractivity contribution in [3.63, 3.8) is 0 Å². The maximum atomic E-state index is 12.9. The maximum absolute atomic E-state index is 12.9. The van der Waals surface area contributed by atoms with Crippen LogP contribution in [0.1, 0.15) is 29.6 Å². The van der Waals surface area contributed by atoms with Crippen LogP contribution in [0.15, 0.2) is 48.5 Å². The van der Waals surface area contributed by atoms with Gasteiger partial charge in [0.15, 0.2) is 0 Å². The Labute approximate surface area is 191 Å². The Bertz CT molecular complexity index is 937. The maximum Gasteiger partial charge on any atom is 0.321 e. The molecule has 0 unspecified atom stereocenters. The zero-order valence-electron chi connectivity index (χ0n) is 17.7. The van der Waals surface area contributed by atoms with Crippen molar-refractivity contribution in [3.05, 3.63) is 64.9 Å². The Kier molecular flexibility index (Phi) is 8.44. The highest BCUT2D eigenvalue weighted by atomic mass is 35.5. The second-order valence-electron chi connectivity index (χ2n) is 7.52. The second-order valence-corrected chi connectivity index (χ2v) is 7.96. The van der Waals surface area contributed by atoms with E-state index in [1.807, 2.05) is 0 Å². The van der Waals surface area contributed by atoms with Crippen LogP contribution in [0.4, 0.5) is 14.9 Å². The van der Waals surface area contributed by atoms with Gasteiger partial charge >= 0.3 is 6.03 Å². The number of carbonyl (C=O) groups is 3. The summed E-state index contributed by atoms with van der Waals surface area (Å²) in [6.45, 7) is 2.43. The van der Waals surface area contributed by atoms with E-state index in [-0.39, 0.29) is 17.8 Å². The van der Waals surface area contributed by atoms with Crippen molar-refractivity contribution in [2.45, 2.75) is 19.3 Å². The molecule has 170 valence electrons. The first-order chi connectivity index (χ1) is 15.4. The normalized spacial score (nSPS) is 13.9. The van der Waals surface area contributed by atoms with Crippen LogP contribution in [0.25, 0.3) is 0 Å². The predicted octanol–water partition coefficient (Wildman–Crippen LogP) is 3.76. The topological polar surface area (TPSA) is 81.8 Å². The number of carbonyl (C=O) groups excluding carboxylic acids is 3. The van der Waals surface area contributed by atoms with Crippen LogP contribution in [-0.4, -0.2) is 60.4 Å². The first-order valence-corrected chi connectivity index (χ1v) is 10.9. The zero-order chi connectivity index (χ0) is 22.9. The van der Waals surface area contributed by atoms with Gasteiger partial charge in [0.05, 0.1) is 0 Å². The first-order valence-electron chi connectivity index (χ1n) is 10.6. The number of anilines is 1. The molecule has 2 aromatic rings. The summed E-state index contributed by atoms with van der Waals surface area (Å²) < 4.78 is 12.9. The lowest BCUT2D eigenvalue weighted by molar-refractivity contribution is -0.131. The van der Waals surface area contributed by atoms with E-state index in [0.717, 1.165) is 0 Å². The van der Waals surface area contributed by atoms with Gasteiger partial charge in [0.2, 0.25) is 5.91 Å². The molecule has 4 amide bonds. The molecule has 1 aliphatic heterocycles. The molecule has 7 nitrogen and oxygen atoms in total. The average molecular weight is 461 g/mol. The van der Waals surface area contributed by atoms with Crippen LogP contribution in [0, 0.1) is 5.82 Å². The molecular weight excluding hydrogens is 435 g/mol. The van der Waals surface area contributed by atoms with E-state index in [1.54, 1.807) is 34.1 Å². The Morgan fingerprint density at radius 1 is 0.906 bits per heavy atom. The van der Waals surface area contributed by atoms with E-state index in [2.05, 4.69) is 10.6 Å². The number of halogens is 2. The molecule has 0 atom stereocenters. The Morgan fingerprint density at radius 3 is 2.28 bits per heavy atom. The van der Waals surface area contributed by atoms with Crippen LogP contribution in [0.2, 0.25) is 5.02 Å². The van der Waals surface area contributed by atoms with Crippen LogP contribution < -0.4 is 10.6 Å². The standard InChI is InChI=1S/C23H26ClFN4O3/c24-18-6-10-20(11-7-18)27-23(32)29-14-2-13-28(15-16-29)21(30)3-1-12-26-22(31)17-4-8-19(25)9-5-17/h4-11H,1-3,12-16H2,(H,26,31)(H,27,32). The number of urea groups is 1. The molecule has 0 spiro atoms. The van der Waals surface area contributed by atoms with Crippen LogP contribution in [0.5, 0.6) is 0 Å². The molecule has 9 heteroatoms. The summed E-state index contributed by atoms with van der Waals surface area (Å²) >= 11 is 5.86. The summed E-state index contributed by atoms with van der Waals surface area (Å²) in [4.78, 5) is 40.5. The molecule has 1 heterocycles. The third-order valence-electron chi connectivity index (χ3n) is 5.19. The number of hydrogen-bond acceptors (Lipinski definition) is 3. The molecule has 2 aromatic carbocycles. The SMILES string of the molecule is O=C(NCCCC(=O)N1CCCN(C(=O)Nc2ccc(Cl)cc2)CC1)c1ccc(F)cc1. The lowest BCUT2D eigenvalue weighted by atomic mass is 10.2. The summed E-state index contributed by atoms with van der Waals surface area (Å²) in [5.74, 6) is -0.693. The molecule has 32 heavy (non-hydrogen) atoms. The van der Waals surface area contributed by atoms with Gasteiger partial charge in [-0.2, -0.15) is 0 Å². The highest BCUT2D eigenvalue weighted by Gasteiger charge is 2.22. The predicted molar refractivity (Wildman–Crippen MR) is 121 cm³/mol. The second kappa shape index (κ2) is 11.5. The smallest absolute Gasteiger partial charge is 0.321 e. The monoisotopic (exact) mass is 460 g/mol. The van der Waals surface area contributed by atoms with Gasteiger partial charge in [0.25, 0.3) is 5.91 Å². The fourth-order valence-electron chi connectivity index (χ4n) is 3.41. The molecule has 3 rings (SSSR count). The molecule has 0 aromatic heterocycles. The summed E-state index contributed by atoms with van der Waals surface area (Å²) in [6, 6.07) is 12.0. The van der Waals surface area contributed by atoms with Gasteiger partial charge in [-0.3, -0.25) is 9.59 Å². The van der Waals surface area contributed by atoms with Gasteiger partial charge in [-0.15, -0.1) is 0 Å². The van der Waals surface area contributed by atoms with Crippen molar-refractivity contribution >= 4 is 35.1 Å². The minimum absolute atomic E-state index is 0.000917. The van der Waals surface area contributed by atoms with Gasteiger partial charge in [-0.1, -0.05) is 11.6 Å². The van der Waals surface area contributed by atoms with Crippen molar-refractivity contribution in [2.24, 2.45) is 0 Å². The van der Waals surface area contributed by atoms with Crippen LogP contribution >= 0.6 is 11.6 Å². The summed E-state index contributed by atoms with van der Waals surface area (Å²) in [6.07, 6.45) is 1.50. The first kappa shape index (κ1) is 23.5. The van der Waals surface area contributed by atoms with Gasteiger partial charge in [-0.05, 0) is 61.4 Å². The molecule has 0 bridgehead atoms. The van der Waals surface area contributed by atoms with Gasteiger partial charge in [0, 0.05) is 55.4 Å². The van der Waals surface area contributed by atoms with E-state index >= 15 is 0 Å². The third kappa shape index (κ3) is 6.95. The lowest BCUT2D eigenvalue weighted by Gasteiger charge is -2.22. The number of amides is 4. The summed E-state index contributed by atoms with van der Waals surface area (Å²) in [5.41, 5.74) is 1.04. The van der Waals surface area contributed by atoms with Gasteiger partial charge < -0.3 is 20.4 Å². The van der Waals surface area contributed by atoms with E-state index in [1.165, 1.54) is 24.3 Å². The molecular formula is C23H26ClFN4O3. The molecule has 2 N–H and O–H groups in total. The van der Waals surface area contributed by atoms with Crippen molar-refractivity contribution in [2.75, 3.05) is 38.0 Å². The number of nitrogens with zero attached hydrogens (tertiary/aromatic N) is 2. The quantitative estimate of drug-likeness (QED) is 0.644. The van der Waals surface area contributed by atoms with E-state index < -0.39 is 5.82 Å². The van der Waals surface area contributed by atoms with Gasteiger partial charge in [-0.25, -0.2) is 9.18 Å². The van der Waals surface area contributed by atoms with E-state index in [0.29, 0.717) is 68.3 Å². The fourth-order valence-corrected chi connectivity index (χ4v) is 3.53. The Morgan fingerprint density at radius 2 is 1.56 bits per heavy atom.